The molecular weight excluding hydrogens is 363 g/mol. The molecule has 6 heteroatoms. The van der Waals surface area contributed by atoms with Gasteiger partial charge in [0.05, 0.1) is 6.54 Å². The van der Waals surface area contributed by atoms with Crippen molar-refractivity contribution in [3.8, 4) is 0 Å². The fourth-order valence-electron chi connectivity index (χ4n) is 1.91. The number of hydrogen-bond donors (Lipinski definition) is 2. The Bertz CT molecular complexity index is 672. The Balaban J connectivity index is 1.70. The molecule has 0 aliphatic rings. The number of benzene rings is 2. The largest absolute Gasteiger partial charge is 0.347 e. The molecule has 0 bridgehead atoms. The maximum absolute atomic E-state index is 12.8. The van der Waals surface area contributed by atoms with E-state index in [-0.39, 0.29) is 30.6 Å². The van der Waals surface area contributed by atoms with Crippen LogP contribution < -0.4 is 10.6 Å². The van der Waals surface area contributed by atoms with Gasteiger partial charge in [-0.2, -0.15) is 0 Å². The SMILES string of the molecule is O=C(CCc1ccc(F)cc1)NCC(=O)Nc1ccc(Br)cc1. The molecule has 2 aromatic carbocycles. The van der Waals surface area contributed by atoms with Crippen LogP contribution in [0.2, 0.25) is 0 Å². The summed E-state index contributed by atoms with van der Waals surface area (Å²) < 4.78 is 13.7. The molecule has 2 N–H and O–H groups in total. The molecule has 0 heterocycles. The summed E-state index contributed by atoms with van der Waals surface area (Å²) in [6, 6.07) is 13.2. The number of anilines is 1. The number of halogens is 2. The monoisotopic (exact) mass is 378 g/mol. The first-order valence-corrected chi connectivity index (χ1v) is 7.89. The van der Waals surface area contributed by atoms with Gasteiger partial charge in [0.25, 0.3) is 0 Å². The lowest BCUT2D eigenvalue weighted by Gasteiger charge is -2.07. The topological polar surface area (TPSA) is 58.2 Å². The van der Waals surface area contributed by atoms with Gasteiger partial charge >= 0.3 is 0 Å². The van der Waals surface area contributed by atoms with Crippen LogP contribution in [0.1, 0.15) is 12.0 Å². The predicted octanol–water partition coefficient (Wildman–Crippen LogP) is 3.28. The van der Waals surface area contributed by atoms with Crippen LogP contribution in [0.15, 0.2) is 53.0 Å². The van der Waals surface area contributed by atoms with Crippen LogP contribution in [0.4, 0.5) is 10.1 Å². The zero-order valence-corrected chi connectivity index (χ0v) is 13.9. The van der Waals surface area contributed by atoms with Crippen molar-refractivity contribution in [2.75, 3.05) is 11.9 Å². The Labute approximate surface area is 142 Å². The molecule has 4 nitrogen and oxygen atoms in total. The minimum atomic E-state index is -0.303. The van der Waals surface area contributed by atoms with E-state index in [1.165, 1.54) is 12.1 Å². The smallest absolute Gasteiger partial charge is 0.243 e. The van der Waals surface area contributed by atoms with Gasteiger partial charge in [0, 0.05) is 16.6 Å². The summed E-state index contributed by atoms with van der Waals surface area (Å²) in [6.45, 7) is -0.0850. The van der Waals surface area contributed by atoms with Gasteiger partial charge in [-0.25, -0.2) is 4.39 Å². The Morgan fingerprint density at radius 1 is 0.957 bits per heavy atom. The molecule has 0 unspecified atom stereocenters. The molecule has 0 aliphatic carbocycles. The summed E-state index contributed by atoms with van der Waals surface area (Å²) in [4.78, 5) is 23.4. The van der Waals surface area contributed by atoms with E-state index in [9.17, 15) is 14.0 Å². The minimum absolute atomic E-state index is 0.0850. The summed E-state index contributed by atoms with van der Waals surface area (Å²) in [7, 11) is 0. The van der Waals surface area contributed by atoms with E-state index in [0.29, 0.717) is 12.1 Å². The first-order valence-electron chi connectivity index (χ1n) is 7.09. The molecule has 120 valence electrons. The first kappa shape index (κ1) is 17.1. The Morgan fingerprint density at radius 3 is 2.26 bits per heavy atom. The fourth-order valence-corrected chi connectivity index (χ4v) is 2.18. The highest BCUT2D eigenvalue weighted by atomic mass is 79.9. The van der Waals surface area contributed by atoms with Crippen LogP contribution >= 0.6 is 15.9 Å². The number of carbonyl (C=O) groups is 2. The molecule has 0 saturated heterocycles. The lowest BCUT2D eigenvalue weighted by Crippen LogP contribution is -2.32. The molecule has 2 rings (SSSR count). The zero-order valence-electron chi connectivity index (χ0n) is 12.3. The van der Waals surface area contributed by atoms with Gasteiger partial charge in [0.1, 0.15) is 5.82 Å². The summed E-state index contributed by atoms with van der Waals surface area (Å²) >= 11 is 3.31. The van der Waals surface area contributed by atoms with Crippen molar-refractivity contribution in [1.82, 2.24) is 5.32 Å². The normalized spacial score (nSPS) is 10.2. The Hall–Kier alpha value is -2.21. The molecule has 0 atom stereocenters. The molecular formula is C17H16BrFN2O2. The standard InChI is InChI=1S/C17H16BrFN2O2/c18-13-4-8-15(9-5-13)21-17(23)11-20-16(22)10-3-12-1-6-14(19)7-2-12/h1-2,4-9H,3,10-11H2,(H,20,22)(H,21,23). The predicted molar refractivity (Wildman–Crippen MR) is 90.5 cm³/mol. The molecule has 0 radical (unpaired) electrons. The highest BCUT2D eigenvalue weighted by Crippen LogP contribution is 2.13. The average molecular weight is 379 g/mol. The third-order valence-electron chi connectivity index (χ3n) is 3.13. The third kappa shape index (κ3) is 6.20. The Morgan fingerprint density at radius 2 is 1.61 bits per heavy atom. The molecule has 2 amide bonds. The van der Waals surface area contributed by atoms with E-state index in [4.69, 9.17) is 0 Å². The molecule has 0 aromatic heterocycles. The molecule has 0 spiro atoms. The van der Waals surface area contributed by atoms with Crippen molar-refractivity contribution in [1.29, 1.82) is 0 Å². The van der Waals surface area contributed by atoms with Gasteiger partial charge in [-0.05, 0) is 48.4 Å². The first-order chi connectivity index (χ1) is 11.0. The average Bonchev–Trinajstić information content (AvgIpc) is 2.54. The quantitative estimate of drug-likeness (QED) is 0.810. The van der Waals surface area contributed by atoms with Crippen LogP contribution in [-0.2, 0) is 16.0 Å². The molecule has 0 saturated carbocycles. The number of hydrogen-bond acceptors (Lipinski definition) is 2. The summed E-state index contributed by atoms with van der Waals surface area (Å²) in [6.07, 6.45) is 0.748. The van der Waals surface area contributed by atoms with E-state index in [0.717, 1.165) is 10.0 Å². The van der Waals surface area contributed by atoms with E-state index in [1.807, 2.05) is 12.1 Å². The van der Waals surface area contributed by atoms with Crippen LogP contribution in [0.3, 0.4) is 0 Å². The van der Waals surface area contributed by atoms with Crippen molar-refractivity contribution >= 4 is 33.4 Å². The Kier molecular flexibility index (Phi) is 6.29. The van der Waals surface area contributed by atoms with Crippen molar-refractivity contribution in [2.45, 2.75) is 12.8 Å². The van der Waals surface area contributed by atoms with Gasteiger partial charge in [-0.1, -0.05) is 28.1 Å². The van der Waals surface area contributed by atoms with Crippen molar-refractivity contribution in [3.05, 3.63) is 64.4 Å². The van der Waals surface area contributed by atoms with Crippen LogP contribution in [0, 0.1) is 5.82 Å². The van der Waals surface area contributed by atoms with E-state index in [2.05, 4.69) is 26.6 Å². The molecule has 23 heavy (non-hydrogen) atoms. The number of carbonyl (C=O) groups excluding carboxylic acids is 2. The maximum Gasteiger partial charge on any atom is 0.243 e. The van der Waals surface area contributed by atoms with Gasteiger partial charge in [0.15, 0.2) is 0 Å². The highest BCUT2D eigenvalue weighted by molar-refractivity contribution is 9.10. The summed E-state index contributed by atoms with van der Waals surface area (Å²) in [5.41, 5.74) is 1.54. The second-order valence-electron chi connectivity index (χ2n) is 4.96. The second kappa shape index (κ2) is 8.43. The van der Waals surface area contributed by atoms with E-state index in [1.54, 1.807) is 24.3 Å². The van der Waals surface area contributed by atoms with E-state index >= 15 is 0 Å². The number of aryl methyl sites for hydroxylation is 1. The maximum atomic E-state index is 12.8. The minimum Gasteiger partial charge on any atom is -0.347 e. The van der Waals surface area contributed by atoms with Crippen LogP contribution in [0.5, 0.6) is 0 Å². The van der Waals surface area contributed by atoms with Crippen molar-refractivity contribution in [3.63, 3.8) is 0 Å². The lowest BCUT2D eigenvalue weighted by molar-refractivity contribution is -0.124. The van der Waals surface area contributed by atoms with Crippen molar-refractivity contribution in [2.24, 2.45) is 0 Å². The second-order valence-corrected chi connectivity index (χ2v) is 5.87. The van der Waals surface area contributed by atoms with Crippen LogP contribution in [-0.4, -0.2) is 18.4 Å². The lowest BCUT2D eigenvalue weighted by atomic mass is 10.1. The molecule has 0 fully saturated rings. The number of rotatable bonds is 6. The summed E-state index contributed by atoms with van der Waals surface area (Å²) in [5, 5.41) is 5.25. The van der Waals surface area contributed by atoms with Gasteiger partial charge in [-0.15, -0.1) is 0 Å². The zero-order chi connectivity index (χ0) is 16.7. The van der Waals surface area contributed by atoms with Gasteiger partial charge in [0.2, 0.25) is 11.8 Å². The summed E-state index contributed by atoms with van der Waals surface area (Å²) in [5.74, 6) is -0.814. The molecule has 0 aliphatic heterocycles. The number of nitrogens with one attached hydrogen (secondary N) is 2. The van der Waals surface area contributed by atoms with Crippen molar-refractivity contribution < 1.29 is 14.0 Å². The third-order valence-corrected chi connectivity index (χ3v) is 3.66. The molecule has 2 aromatic rings. The van der Waals surface area contributed by atoms with Crippen LogP contribution in [0.25, 0.3) is 0 Å². The highest BCUT2D eigenvalue weighted by Gasteiger charge is 2.06. The van der Waals surface area contributed by atoms with Gasteiger partial charge < -0.3 is 10.6 Å². The fraction of sp³-hybridized carbons (Fsp3) is 0.176. The van der Waals surface area contributed by atoms with Gasteiger partial charge in [-0.3, -0.25) is 9.59 Å². The number of amides is 2. The van der Waals surface area contributed by atoms with E-state index < -0.39 is 0 Å².